The molecule has 102 valence electrons. The van der Waals surface area contributed by atoms with Crippen LogP contribution >= 0.6 is 0 Å². The number of hydrogen-bond acceptors (Lipinski definition) is 3. The average Bonchev–Trinajstić information content (AvgIpc) is 2.45. The summed E-state index contributed by atoms with van der Waals surface area (Å²) in [5.41, 5.74) is 7.64. The van der Waals surface area contributed by atoms with Crippen LogP contribution < -0.4 is 5.43 Å². The molecular weight excluding hydrogens is 250 g/mol. The zero-order chi connectivity index (χ0) is 14.5. The van der Waals surface area contributed by atoms with E-state index in [0.29, 0.717) is 5.56 Å². The van der Waals surface area contributed by atoms with E-state index in [1.54, 1.807) is 30.7 Å². The predicted octanol–water partition coefficient (Wildman–Crippen LogP) is 2.77. The number of aromatic nitrogens is 1. The summed E-state index contributed by atoms with van der Waals surface area (Å²) in [5.74, 6) is -0.245. The molecule has 0 aliphatic rings. The number of pyridine rings is 1. The highest BCUT2D eigenvalue weighted by atomic mass is 16.2. The van der Waals surface area contributed by atoms with Crippen molar-refractivity contribution in [3.63, 3.8) is 0 Å². The van der Waals surface area contributed by atoms with Gasteiger partial charge < -0.3 is 0 Å². The summed E-state index contributed by atoms with van der Waals surface area (Å²) in [6, 6.07) is 7.46. The zero-order valence-corrected chi connectivity index (χ0v) is 11.8. The van der Waals surface area contributed by atoms with Crippen molar-refractivity contribution in [3.8, 4) is 0 Å². The van der Waals surface area contributed by atoms with Gasteiger partial charge in [-0.25, -0.2) is 5.43 Å². The van der Waals surface area contributed by atoms with Crippen molar-refractivity contribution >= 4 is 12.1 Å². The van der Waals surface area contributed by atoms with Gasteiger partial charge >= 0.3 is 0 Å². The smallest absolute Gasteiger partial charge is 0.267 e. The van der Waals surface area contributed by atoms with Gasteiger partial charge in [-0.15, -0.1) is 0 Å². The third kappa shape index (κ3) is 3.29. The maximum absolute atomic E-state index is 11.8. The number of amides is 1. The largest absolute Gasteiger partial charge is 0.271 e. The standard InChI is InChI=1S/C16H17N3O/c1-11-8-13(3)15(9-12(11)2)10-18-19-16(20)14-4-6-17-7-5-14/h4-10H,1-3H3,(H,19,20)/b18-10-. The highest BCUT2D eigenvalue weighted by molar-refractivity contribution is 5.94. The lowest BCUT2D eigenvalue weighted by Crippen LogP contribution is -2.17. The number of carbonyl (C=O) groups excluding carboxylic acids is 1. The first-order valence-corrected chi connectivity index (χ1v) is 6.39. The van der Waals surface area contributed by atoms with Gasteiger partial charge in [-0.1, -0.05) is 6.07 Å². The van der Waals surface area contributed by atoms with E-state index in [4.69, 9.17) is 0 Å². The maximum Gasteiger partial charge on any atom is 0.271 e. The average molecular weight is 267 g/mol. The molecule has 1 amide bonds. The van der Waals surface area contributed by atoms with E-state index in [2.05, 4.69) is 41.5 Å². The fraction of sp³-hybridized carbons (Fsp3) is 0.188. The van der Waals surface area contributed by atoms with Crippen LogP contribution in [0.15, 0.2) is 41.8 Å². The number of aryl methyl sites for hydroxylation is 3. The fourth-order valence-corrected chi connectivity index (χ4v) is 1.85. The van der Waals surface area contributed by atoms with Gasteiger partial charge in [0.15, 0.2) is 0 Å². The lowest BCUT2D eigenvalue weighted by molar-refractivity contribution is 0.0955. The van der Waals surface area contributed by atoms with Gasteiger partial charge in [0.05, 0.1) is 6.21 Å². The molecule has 0 aliphatic heterocycles. The van der Waals surface area contributed by atoms with Crippen LogP contribution in [-0.2, 0) is 0 Å². The second-order valence-corrected chi connectivity index (χ2v) is 4.73. The lowest BCUT2D eigenvalue weighted by atomic mass is 10.0. The molecule has 1 aromatic carbocycles. The minimum absolute atomic E-state index is 0.245. The molecule has 0 bridgehead atoms. The summed E-state index contributed by atoms with van der Waals surface area (Å²) in [4.78, 5) is 15.7. The van der Waals surface area contributed by atoms with Crippen LogP contribution in [0.2, 0.25) is 0 Å². The topological polar surface area (TPSA) is 54.4 Å². The second-order valence-electron chi connectivity index (χ2n) is 4.73. The number of hydrogen-bond donors (Lipinski definition) is 1. The summed E-state index contributed by atoms with van der Waals surface area (Å²) in [6.07, 6.45) is 4.82. The number of rotatable bonds is 3. The van der Waals surface area contributed by atoms with Crippen molar-refractivity contribution in [3.05, 3.63) is 64.5 Å². The minimum atomic E-state index is -0.245. The molecule has 0 aliphatic carbocycles. The Labute approximate surface area is 118 Å². The van der Waals surface area contributed by atoms with Gasteiger partial charge in [0.2, 0.25) is 0 Å². The van der Waals surface area contributed by atoms with Crippen molar-refractivity contribution in [2.45, 2.75) is 20.8 Å². The maximum atomic E-state index is 11.8. The predicted molar refractivity (Wildman–Crippen MR) is 80.0 cm³/mol. The molecule has 0 radical (unpaired) electrons. The van der Waals surface area contributed by atoms with Crippen LogP contribution in [0.4, 0.5) is 0 Å². The van der Waals surface area contributed by atoms with Crippen molar-refractivity contribution in [1.29, 1.82) is 0 Å². The SMILES string of the molecule is Cc1cc(C)c(/C=N\NC(=O)c2ccncc2)cc1C. The Kier molecular flexibility index (Phi) is 4.25. The van der Waals surface area contributed by atoms with Crippen molar-refractivity contribution in [1.82, 2.24) is 10.4 Å². The molecule has 0 fully saturated rings. The zero-order valence-electron chi connectivity index (χ0n) is 11.8. The summed E-state index contributed by atoms with van der Waals surface area (Å²) >= 11 is 0. The number of hydrazone groups is 1. The Morgan fingerprint density at radius 1 is 1.10 bits per heavy atom. The summed E-state index contributed by atoms with van der Waals surface area (Å²) in [5, 5.41) is 4.00. The van der Waals surface area contributed by atoms with Gasteiger partial charge in [0.1, 0.15) is 0 Å². The van der Waals surface area contributed by atoms with E-state index in [-0.39, 0.29) is 5.91 Å². The molecule has 2 rings (SSSR count). The fourth-order valence-electron chi connectivity index (χ4n) is 1.85. The molecule has 2 aromatic rings. The van der Waals surface area contributed by atoms with Gasteiger partial charge in [0.25, 0.3) is 5.91 Å². The first-order valence-electron chi connectivity index (χ1n) is 6.39. The van der Waals surface area contributed by atoms with Gasteiger partial charge in [-0.05, 0) is 61.2 Å². The number of nitrogens with zero attached hydrogens (tertiary/aromatic N) is 2. The number of nitrogens with one attached hydrogen (secondary N) is 1. The van der Waals surface area contributed by atoms with Crippen LogP contribution in [-0.4, -0.2) is 17.1 Å². The third-order valence-corrected chi connectivity index (χ3v) is 3.19. The molecule has 0 atom stereocenters. The molecule has 0 unspecified atom stereocenters. The molecule has 4 heteroatoms. The summed E-state index contributed by atoms with van der Waals surface area (Å²) < 4.78 is 0. The van der Waals surface area contributed by atoms with E-state index in [9.17, 15) is 4.79 Å². The van der Waals surface area contributed by atoms with Crippen LogP contribution in [0, 0.1) is 20.8 Å². The van der Waals surface area contributed by atoms with E-state index in [1.165, 1.54) is 11.1 Å². The van der Waals surface area contributed by atoms with E-state index >= 15 is 0 Å². The Morgan fingerprint density at radius 3 is 2.45 bits per heavy atom. The van der Waals surface area contributed by atoms with Crippen molar-refractivity contribution < 1.29 is 4.79 Å². The van der Waals surface area contributed by atoms with Crippen LogP contribution in [0.5, 0.6) is 0 Å². The quantitative estimate of drug-likeness (QED) is 0.686. The molecule has 0 saturated heterocycles. The Bertz CT molecular complexity index is 648. The second kappa shape index (κ2) is 6.10. The van der Waals surface area contributed by atoms with Gasteiger partial charge in [-0.2, -0.15) is 5.10 Å². The number of benzene rings is 1. The first-order chi connectivity index (χ1) is 9.58. The van der Waals surface area contributed by atoms with Gasteiger partial charge in [0, 0.05) is 18.0 Å². The lowest BCUT2D eigenvalue weighted by Gasteiger charge is -2.05. The Hall–Kier alpha value is -2.49. The van der Waals surface area contributed by atoms with Crippen LogP contribution in [0.1, 0.15) is 32.6 Å². The monoisotopic (exact) mass is 267 g/mol. The van der Waals surface area contributed by atoms with E-state index in [0.717, 1.165) is 11.1 Å². The van der Waals surface area contributed by atoms with Crippen molar-refractivity contribution in [2.75, 3.05) is 0 Å². The summed E-state index contributed by atoms with van der Waals surface area (Å²) in [7, 11) is 0. The highest BCUT2D eigenvalue weighted by Crippen LogP contribution is 2.13. The molecular formula is C16H17N3O. The molecule has 0 saturated carbocycles. The minimum Gasteiger partial charge on any atom is -0.267 e. The molecule has 1 heterocycles. The highest BCUT2D eigenvalue weighted by Gasteiger charge is 2.03. The molecule has 4 nitrogen and oxygen atoms in total. The number of carbonyl (C=O) groups is 1. The normalized spacial score (nSPS) is 10.8. The van der Waals surface area contributed by atoms with Crippen molar-refractivity contribution in [2.24, 2.45) is 5.10 Å². The third-order valence-electron chi connectivity index (χ3n) is 3.19. The van der Waals surface area contributed by atoms with Gasteiger partial charge in [-0.3, -0.25) is 9.78 Å². The molecule has 1 N–H and O–H groups in total. The molecule has 1 aromatic heterocycles. The van der Waals surface area contributed by atoms with Crippen LogP contribution in [0.25, 0.3) is 0 Å². The Balaban J connectivity index is 2.08. The molecule has 20 heavy (non-hydrogen) atoms. The summed E-state index contributed by atoms with van der Waals surface area (Å²) in [6.45, 7) is 6.16. The first kappa shape index (κ1) is 13.9. The van der Waals surface area contributed by atoms with Crippen LogP contribution in [0.3, 0.4) is 0 Å². The Morgan fingerprint density at radius 2 is 1.75 bits per heavy atom. The van der Waals surface area contributed by atoms with E-state index in [1.807, 2.05) is 6.92 Å². The molecule has 0 spiro atoms. The van der Waals surface area contributed by atoms with E-state index < -0.39 is 0 Å².